The first-order valence-electron chi connectivity index (χ1n) is 10.8. The number of hydrogen-bond donors (Lipinski definition) is 2. The molecule has 0 aliphatic heterocycles. The second kappa shape index (κ2) is 10.4. The van der Waals surface area contributed by atoms with Crippen LogP contribution < -0.4 is 5.32 Å². The van der Waals surface area contributed by atoms with Crippen molar-refractivity contribution in [2.75, 3.05) is 11.9 Å². The fraction of sp³-hybridized carbons (Fsp3) is 0.545. The van der Waals surface area contributed by atoms with E-state index in [-0.39, 0.29) is 13.2 Å². The lowest BCUT2D eigenvalue weighted by molar-refractivity contribution is -0.147. The van der Waals surface area contributed by atoms with Crippen molar-refractivity contribution in [1.82, 2.24) is 24.3 Å². The van der Waals surface area contributed by atoms with E-state index in [2.05, 4.69) is 51.9 Å². The monoisotopic (exact) mass is 428 g/mol. The van der Waals surface area contributed by atoms with Crippen LogP contribution in [0.4, 0.5) is 11.6 Å². The maximum absolute atomic E-state index is 11.9. The van der Waals surface area contributed by atoms with Crippen molar-refractivity contribution >= 4 is 28.6 Å². The van der Waals surface area contributed by atoms with E-state index in [0.29, 0.717) is 29.9 Å². The first-order chi connectivity index (χ1) is 14.9. The Kier molecular flexibility index (Phi) is 7.62. The summed E-state index contributed by atoms with van der Waals surface area (Å²) in [6, 6.07) is 2.03. The summed E-state index contributed by atoms with van der Waals surface area (Å²) in [7, 11) is 0. The highest BCUT2D eigenvalue weighted by Crippen LogP contribution is 2.22. The van der Waals surface area contributed by atoms with E-state index < -0.39 is 12.1 Å². The number of aliphatic hydroxyl groups is 1. The zero-order chi connectivity index (χ0) is 22.4. The Morgan fingerprint density at radius 1 is 1.26 bits per heavy atom. The summed E-state index contributed by atoms with van der Waals surface area (Å²) in [6.07, 6.45) is 8.17. The van der Waals surface area contributed by atoms with Gasteiger partial charge in [0.15, 0.2) is 0 Å². The fourth-order valence-electron chi connectivity index (χ4n) is 3.37. The molecule has 0 bridgehead atoms. The third-order valence-electron chi connectivity index (χ3n) is 5.49. The van der Waals surface area contributed by atoms with E-state index in [1.165, 1.54) is 4.68 Å². The molecule has 3 heterocycles. The average Bonchev–Trinajstić information content (AvgIpc) is 3.36. The van der Waals surface area contributed by atoms with Crippen LogP contribution in [0.1, 0.15) is 40.5 Å². The van der Waals surface area contributed by atoms with E-state index in [1.807, 2.05) is 13.0 Å². The van der Waals surface area contributed by atoms with Crippen molar-refractivity contribution in [3.63, 3.8) is 0 Å². The van der Waals surface area contributed by atoms with Gasteiger partial charge in [-0.2, -0.15) is 10.1 Å². The van der Waals surface area contributed by atoms with Crippen LogP contribution in [0.2, 0.25) is 0 Å². The number of esters is 1. The molecule has 2 N–H and O–H groups in total. The Morgan fingerprint density at radius 2 is 2.06 bits per heavy atom. The number of nitrogens with zero attached hydrogens (tertiary/aromatic N) is 5. The number of carbonyl (C=O) groups excluding carboxylic acids is 1. The number of anilines is 2. The molecule has 2 unspecified atom stereocenters. The molecule has 168 valence electrons. The van der Waals surface area contributed by atoms with Gasteiger partial charge in [-0.15, -0.1) is 0 Å². The van der Waals surface area contributed by atoms with E-state index in [1.54, 1.807) is 18.6 Å². The highest BCUT2D eigenvalue weighted by Gasteiger charge is 2.15. The summed E-state index contributed by atoms with van der Waals surface area (Å²) in [5.41, 5.74) is 1.56. The maximum Gasteiger partial charge on any atom is 0.327 e. The molecule has 9 heteroatoms. The molecule has 0 aromatic carbocycles. The predicted molar refractivity (Wildman–Crippen MR) is 119 cm³/mol. The Balaban J connectivity index is 1.65. The predicted octanol–water partition coefficient (Wildman–Crippen LogP) is 3.37. The van der Waals surface area contributed by atoms with E-state index in [4.69, 9.17) is 4.74 Å². The molecule has 3 aromatic rings. The quantitative estimate of drug-likeness (QED) is 0.451. The first kappa shape index (κ1) is 22.7. The van der Waals surface area contributed by atoms with Crippen molar-refractivity contribution in [2.45, 2.75) is 59.7 Å². The molecular formula is C22H32N6O3. The Hall–Kier alpha value is -2.94. The molecule has 3 rings (SSSR count). The minimum atomic E-state index is -0.641. The molecule has 0 saturated heterocycles. The number of aromatic nitrogens is 5. The fourth-order valence-corrected chi connectivity index (χ4v) is 3.37. The molecule has 2 atom stereocenters. The average molecular weight is 429 g/mol. The van der Waals surface area contributed by atoms with Crippen LogP contribution in [0, 0.1) is 11.8 Å². The number of rotatable bonds is 11. The van der Waals surface area contributed by atoms with Gasteiger partial charge in [-0.1, -0.05) is 34.1 Å². The molecule has 0 aliphatic rings. The zero-order valence-electron chi connectivity index (χ0n) is 18.7. The first-order valence-corrected chi connectivity index (χ1v) is 10.8. The maximum atomic E-state index is 11.9. The van der Waals surface area contributed by atoms with Crippen LogP contribution in [0.5, 0.6) is 0 Å². The van der Waals surface area contributed by atoms with Crippen molar-refractivity contribution in [3.8, 4) is 0 Å². The molecule has 31 heavy (non-hydrogen) atoms. The number of ether oxygens (including phenoxy) is 1. The van der Waals surface area contributed by atoms with Crippen LogP contribution in [-0.4, -0.2) is 48.1 Å². The Labute approximate surface area is 182 Å². The summed E-state index contributed by atoms with van der Waals surface area (Å²) in [5, 5.41) is 17.8. The van der Waals surface area contributed by atoms with Crippen LogP contribution in [0.15, 0.2) is 30.9 Å². The van der Waals surface area contributed by atoms with Gasteiger partial charge in [0.25, 0.3) is 0 Å². The smallest absolute Gasteiger partial charge is 0.327 e. The van der Waals surface area contributed by atoms with Gasteiger partial charge in [-0.25, -0.2) is 4.98 Å². The summed E-state index contributed by atoms with van der Waals surface area (Å²) < 4.78 is 8.69. The SMILES string of the molecule is CCC(O)COC(=O)Cn1cc(Nc2ncc3ccn(CC(CC)C(C)C)c3n2)cn1. The number of fused-ring (bicyclic) bond motifs is 1. The van der Waals surface area contributed by atoms with Gasteiger partial charge in [0.1, 0.15) is 18.8 Å². The second-order valence-corrected chi connectivity index (χ2v) is 8.15. The third kappa shape index (κ3) is 6.04. The van der Waals surface area contributed by atoms with Gasteiger partial charge in [0.2, 0.25) is 5.95 Å². The van der Waals surface area contributed by atoms with Crippen molar-refractivity contribution in [1.29, 1.82) is 0 Å². The summed E-state index contributed by atoms with van der Waals surface area (Å²) in [5.74, 6) is 1.20. The minimum Gasteiger partial charge on any atom is -0.462 e. The van der Waals surface area contributed by atoms with Crippen molar-refractivity contribution < 1.29 is 14.6 Å². The van der Waals surface area contributed by atoms with Gasteiger partial charge in [0, 0.05) is 30.5 Å². The van der Waals surface area contributed by atoms with Gasteiger partial charge in [-0.3, -0.25) is 9.48 Å². The highest BCUT2D eigenvalue weighted by molar-refractivity contribution is 5.76. The number of aliphatic hydroxyl groups excluding tert-OH is 1. The highest BCUT2D eigenvalue weighted by atomic mass is 16.5. The minimum absolute atomic E-state index is 0.00902. The van der Waals surface area contributed by atoms with Crippen LogP contribution in [-0.2, 0) is 22.6 Å². The van der Waals surface area contributed by atoms with Crippen LogP contribution in [0.25, 0.3) is 11.0 Å². The lowest BCUT2D eigenvalue weighted by Gasteiger charge is -2.20. The molecule has 0 fully saturated rings. The normalized spacial score (nSPS) is 13.5. The van der Waals surface area contributed by atoms with Crippen LogP contribution >= 0.6 is 0 Å². The molecular weight excluding hydrogens is 396 g/mol. The zero-order valence-corrected chi connectivity index (χ0v) is 18.7. The van der Waals surface area contributed by atoms with Gasteiger partial charge in [0.05, 0.1) is 18.0 Å². The van der Waals surface area contributed by atoms with Crippen molar-refractivity contribution in [3.05, 3.63) is 30.9 Å². The Bertz CT molecular complexity index is 996. The van der Waals surface area contributed by atoms with Crippen molar-refractivity contribution in [2.24, 2.45) is 11.8 Å². The second-order valence-electron chi connectivity index (χ2n) is 8.15. The number of nitrogens with one attached hydrogen (secondary N) is 1. The van der Waals surface area contributed by atoms with Gasteiger partial charge >= 0.3 is 5.97 Å². The van der Waals surface area contributed by atoms with E-state index in [9.17, 15) is 9.90 Å². The van der Waals surface area contributed by atoms with Gasteiger partial charge in [-0.05, 0) is 24.3 Å². The molecule has 0 amide bonds. The molecule has 0 radical (unpaired) electrons. The topological polar surface area (TPSA) is 107 Å². The van der Waals surface area contributed by atoms with Crippen LogP contribution in [0.3, 0.4) is 0 Å². The summed E-state index contributed by atoms with van der Waals surface area (Å²) in [6.45, 7) is 9.42. The lowest BCUT2D eigenvalue weighted by atomic mass is 9.93. The Morgan fingerprint density at radius 3 is 2.77 bits per heavy atom. The lowest BCUT2D eigenvalue weighted by Crippen LogP contribution is -2.20. The molecule has 0 aliphatic carbocycles. The number of carbonyl (C=O) groups is 1. The molecule has 0 saturated carbocycles. The number of hydrogen-bond acceptors (Lipinski definition) is 7. The molecule has 3 aromatic heterocycles. The van der Waals surface area contributed by atoms with Gasteiger partial charge < -0.3 is 19.7 Å². The largest absolute Gasteiger partial charge is 0.462 e. The summed E-state index contributed by atoms with van der Waals surface area (Å²) >= 11 is 0. The summed E-state index contributed by atoms with van der Waals surface area (Å²) in [4.78, 5) is 20.9. The molecule has 9 nitrogen and oxygen atoms in total. The molecule has 0 spiro atoms. The standard InChI is InChI=1S/C22H32N6O3/c1-5-16(15(3)4)11-27-8-7-17-9-23-22(26-21(17)27)25-18-10-24-28(12-18)13-20(30)31-14-19(29)6-2/h7-10,12,15-16,19,29H,5-6,11,13-14H2,1-4H3,(H,23,25,26). The van der Waals surface area contributed by atoms with E-state index in [0.717, 1.165) is 24.0 Å². The third-order valence-corrected chi connectivity index (χ3v) is 5.49. The van der Waals surface area contributed by atoms with E-state index >= 15 is 0 Å².